The molecule has 0 saturated heterocycles. The van der Waals surface area contributed by atoms with Gasteiger partial charge in [0.25, 0.3) is 5.54 Å². The highest BCUT2D eigenvalue weighted by Crippen LogP contribution is 2.42. The van der Waals surface area contributed by atoms with Crippen molar-refractivity contribution in [3.63, 3.8) is 0 Å². The van der Waals surface area contributed by atoms with Crippen LogP contribution in [0.5, 0.6) is 0 Å². The van der Waals surface area contributed by atoms with Crippen LogP contribution in [-0.2, 0) is 28.6 Å². The lowest BCUT2D eigenvalue weighted by molar-refractivity contribution is -0.161. The fraction of sp³-hybridized carbons (Fsp3) is 0.375. The molecule has 1 heterocycles. The van der Waals surface area contributed by atoms with E-state index in [-0.39, 0.29) is 12.1 Å². The Morgan fingerprint density at radius 1 is 1.00 bits per heavy atom. The zero-order valence-corrected chi connectivity index (χ0v) is 13.1. The summed E-state index contributed by atoms with van der Waals surface area (Å²) in [5.74, 6) is -3.16. The summed E-state index contributed by atoms with van der Waals surface area (Å²) in [4.78, 5) is 40.7. The molecule has 0 bridgehead atoms. The normalized spacial score (nSPS) is 18.7. The summed E-state index contributed by atoms with van der Waals surface area (Å²) < 4.78 is 14.2. The summed E-state index contributed by atoms with van der Waals surface area (Å²) >= 11 is 0. The largest absolute Gasteiger partial charge is 0.467 e. The molecule has 0 radical (unpaired) electrons. The SMILES string of the molecule is COC(=O)C1=NC(C(=O)OC)(C(=O)OC)C(c2ccccc2)C1. The fourth-order valence-corrected chi connectivity index (χ4v) is 2.74. The third kappa shape index (κ3) is 2.69. The van der Waals surface area contributed by atoms with Gasteiger partial charge in [0, 0.05) is 12.3 Å². The Balaban J connectivity index is 2.62. The minimum absolute atomic E-state index is 0.00264. The van der Waals surface area contributed by atoms with E-state index in [1.54, 1.807) is 30.3 Å². The van der Waals surface area contributed by atoms with Gasteiger partial charge in [0.2, 0.25) is 0 Å². The molecule has 23 heavy (non-hydrogen) atoms. The maximum Gasteiger partial charge on any atom is 0.352 e. The first-order valence-corrected chi connectivity index (χ1v) is 6.90. The zero-order valence-electron chi connectivity index (χ0n) is 13.1. The second kappa shape index (κ2) is 6.60. The molecular weight excluding hydrogens is 302 g/mol. The first-order valence-electron chi connectivity index (χ1n) is 6.90. The molecule has 1 unspecified atom stereocenters. The van der Waals surface area contributed by atoms with Gasteiger partial charge >= 0.3 is 17.9 Å². The van der Waals surface area contributed by atoms with Crippen LogP contribution in [0.4, 0.5) is 0 Å². The van der Waals surface area contributed by atoms with E-state index in [0.717, 1.165) is 14.2 Å². The average Bonchev–Trinajstić information content (AvgIpc) is 3.02. The Labute approximate surface area is 133 Å². The van der Waals surface area contributed by atoms with Gasteiger partial charge in [-0.2, -0.15) is 0 Å². The van der Waals surface area contributed by atoms with Gasteiger partial charge in [0.05, 0.1) is 21.3 Å². The number of aliphatic imine (C=N–C) groups is 1. The van der Waals surface area contributed by atoms with Crippen molar-refractivity contribution in [1.29, 1.82) is 0 Å². The molecular formula is C16H17NO6. The van der Waals surface area contributed by atoms with Gasteiger partial charge in [-0.05, 0) is 5.56 Å². The van der Waals surface area contributed by atoms with Crippen LogP contribution in [0.1, 0.15) is 17.9 Å². The van der Waals surface area contributed by atoms with E-state index in [1.807, 2.05) is 0 Å². The Morgan fingerprint density at radius 2 is 1.57 bits per heavy atom. The van der Waals surface area contributed by atoms with Crippen LogP contribution in [0.3, 0.4) is 0 Å². The first kappa shape index (κ1) is 16.7. The van der Waals surface area contributed by atoms with E-state index in [9.17, 15) is 14.4 Å². The monoisotopic (exact) mass is 319 g/mol. The molecule has 0 aromatic heterocycles. The number of ether oxygens (including phenoxy) is 3. The van der Waals surface area contributed by atoms with Crippen LogP contribution in [0.15, 0.2) is 35.3 Å². The highest BCUT2D eigenvalue weighted by molar-refractivity contribution is 6.38. The molecule has 0 fully saturated rings. The van der Waals surface area contributed by atoms with Gasteiger partial charge in [-0.25, -0.2) is 14.4 Å². The van der Waals surface area contributed by atoms with Crippen molar-refractivity contribution >= 4 is 23.6 Å². The molecule has 1 aromatic carbocycles. The van der Waals surface area contributed by atoms with Crippen molar-refractivity contribution in [2.24, 2.45) is 4.99 Å². The Hall–Kier alpha value is -2.70. The summed E-state index contributed by atoms with van der Waals surface area (Å²) in [5, 5.41) is 0. The van der Waals surface area contributed by atoms with Crippen molar-refractivity contribution < 1.29 is 28.6 Å². The Bertz CT molecular complexity index is 636. The number of hydrogen-bond donors (Lipinski definition) is 0. The summed E-state index contributed by atoms with van der Waals surface area (Å²) in [6.07, 6.45) is 0.0703. The molecule has 1 aliphatic rings. The number of benzene rings is 1. The van der Waals surface area contributed by atoms with E-state index >= 15 is 0 Å². The number of methoxy groups -OCH3 is 3. The number of nitrogens with zero attached hydrogens (tertiary/aromatic N) is 1. The lowest BCUT2D eigenvalue weighted by atomic mass is 9.79. The van der Waals surface area contributed by atoms with Crippen molar-refractivity contribution in [2.45, 2.75) is 17.9 Å². The number of esters is 3. The molecule has 0 spiro atoms. The van der Waals surface area contributed by atoms with Crippen LogP contribution in [0.25, 0.3) is 0 Å². The third-order valence-corrected chi connectivity index (χ3v) is 3.83. The summed E-state index contributed by atoms with van der Waals surface area (Å²) in [6.45, 7) is 0. The second-order valence-electron chi connectivity index (χ2n) is 4.97. The van der Waals surface area contributed by atoms with E-state index in [0.29, 0.717) is 5.56 Å². The van der Waals surface area contributed by atoms with Gasteiger partial charge in [0.15, 0.2) is 0 Å². The topological polar surface area (TPSA) is 91.3 Å². The standard InChI is InChI=1S/C16H17NO6/c1-21-13(18)12-9-11(10-7-5-4-6-8-10)16(17-12,14(19)22-2)15(20)23-3/h4-8,11H,9H2,1-3H3. The van der Waals surface area contributed by atoms with E-state index in [4.69, 9.17) is 9.47 Å². The molecule has 1 aromatic rings. The summed E-state index contributed by atoms with van der Waals surface area (Å²) in [7, 11) is 3.51. The van der Waals surface area contributed by atoms with Gasteiger partial charge in [-0.15, -0.1) is 0 Å². The lowest BCUT2D eigenvalue weighted by Gasteiger charge is -2.27. The molecule has 7 nitrogen and oxygen atoms in total. The number of carbonyl (C=O) groups is 3. The Morgan fingerprint density at radius 3 is 2.04 bits per heavy atom. The van der Waals surface area contributed by atoms with Gasteiger partial charge in [-0.3, -0.25) is 4.99 Å². The van der Waals surface area contributed by atoms with E-state index in [1.165, 1.54) is 7.11 Å². The van der Waals surface area contributed by atoms with Crippen LogP contribution in [0.2, 0.25) is 0 Å². The first-order chi connectivity index (χ1) is 11.0. The molecule has 1 aliphatic heterocycles. The maximum atomic E-state index is 12.4. The van der Waals surface area contributed by atoms with Crippen LogP contribution < -0.4 is 0 Å². The zero-order chi connectivity index (χ0) is 17.0. The van der Waals surface area contributed by atoms with E-state index in [2.05, 4.69) is 9.73 Å². The van der Waals surface area contributed by atoms with Crippen LogP contribution in [0, 0.1) is 0 Å². The highest BCUT2D eigenvalue weighted by Gasteiger charge is 2.60. The average molecular weight is 319 g/mol. The molecule has 2 rings (SSSR count). The van der Waals surface area contributed by atoms with Crippen molar-refractivity contribution in [2.75, 3.05) is 21.3 Å². The van der Waals surface area contributed by atoms with Crippen molar-refractivity contribution in [1.82, 2.24) is 0 Å². The minimum atomic E-state index is -1.95. The van der Waals surface area contributed by atoms with Crippen LogP contribution in [-0.4, -0.2) is 50.5 Å². The predicted molar refractivity (Wildman–Crippen MR) is 80.0 cm³/mol. The quantitative estimate of drug-likeness (QED) is 0.465. The summed E-state index contributed by atoms with van der Waals surface area (Å²) in [6, 6.07) is 8.84. The molecule has 0 amide bonds. The molecule has 0 aliphatic carbocycles. The lowest BCUT2D eigenvalue weighted by Crippen LogP contribution is -2.49. The maximum absolute atomic E-state index is 12.4. The predicted octanol–water partition coefficient (Wildman–Crippen LogP) is 0.873. The number of rotatable bonds is 4. The van der Waals surface area contributed by atoms with Gasteiger partial charge in [0.1, 0.15) is 5.71 Å². The van der Waals surface area contributed by atoms with Crippen molar-refractivity contribution in [3.8, 4) is 0 Å². The molecule has 0 saturated carbocycles. The van der Waals surface area contributed by atoms with E-state index < -0.39 is 29.4 Å². The van der Waals surface area contributed by atoms with Gasteiger partial charge < -0.3 is 14.2 Å². The smallest absolute Gasteiger partial charge is 0.352 e. The Kier molecular flexibility index (Phi) is 4.78. The third-order valence-electron chi connectivity index (χ3n) is 3.83. The van der Waals surface area contributed by atoms with Gasteiger partial charge in [-0.1, -0.05) is 30.3 Å². The number of carbonyl (C=O) groups excluding carboxylic acids is 3. The minimum Gasteiger partial charge on any atom is -0.467 e. The molecule has 7 heteroatoms. The molecule has 1 atom stereocenters. The van der Waals surface area contributed by atoms with Crippen LogP contribution >= 0.6 is 0 Å². The highest BCUT2D eigenvalue weighted by atomic mass is 16.5. The molecule has 0 N–H and O–H groups in total. The molecule has 122 valence electrons. The summed E-state index contributed by atoms with van der Waals surface area (Å²) in [5.41, 5.74) is -1.28. The van der Waals surface area contributed by atoms with Crippen molar-refractivity contribution in [3.05, 3.63) is 35.9 Å². The number of hydrogen-bond acceptors (Lipinski definition) is 7. The fourth-order valence-electron chi connectivity index (χ4n) is 2.74. The second-order valence-corrected chi connectivity index (χ2v) is 4.97.